The van der Waals surface area contributed by atoms with Crippen LogP contribution in [0, 0.1) is 23.7 Å². The molecule has 14 heavy (non-hydrogen) atoms. The predicted octanol–water partition coefficient (Wildman–Crippen LogP) is 4.96. The van der Waals surface area contributed by atoms with Crippen LogP contribution in [-0.4, -0.2) is 5.38 Å². The van der Waals surface area contributed by atoms with Crippen LogP contribution >= 0.6 is 11.6 Å². The molecule has 0 aliphatic rings. The molecule has 0 aromatic rings. The molecule has 0 radical (unpaired) electrons. The van der Waals surface area contributed by atoms with Crippen LogP contribution in [0.3, 0.4) is 0 Å². The van der Waals surface area contributed by atoms with Crippen LogP contribution < -0.4 is 0 Å². The molecule has 0 nitrogen and oxygen atoms in total. The van der Waals surface area contributed by atoms with E-state index in [-0.39, 0.29) is 0 Å². The van der Waals surface area contributed by atoms with Crippen LogP contribution in [0.4, 0.5) is 0 Å². The van der Waals surface area contributed by atoms with E-state index in [1.54, 1.807) is 0 Å². The van der Waals surface area contributed by atoms with E-state index in [4.69, 9.17) is 11.6 Å². The third kappa shape index (κ3) is 5.90. The number of alkyl halides is 1. The molecule has 0 bridgehead atoms. The molecule has 0 spiro atoms. The van der Waals surface area contributed by atoms with Gasteiger partial charge in [-0.15, -0.1) is 11.6 Å². The molecule has 1 heteroatoms. The summed E-state index contributed by atoms with van der Waals surface area (Å²) >= 11 is 6.47. The van der Waals surface area contributed by atoms with Crippen molar-refractivity contribution in [3.63, 3.8) is 0 Å². The summed E-state index contributed by atoms with van der Waals surface area (Å²) in [5, 5.41) is 0.347. The van der Waals surface area contributed by atoms with E-state index in [0.29, 0.717) is 17.2 Å². The maximum Gasteiger partial charge on any atom is 0.0387 e. The molecule has 0 N–H and O–H groups in total. The van der Waals surface area contributed by atoms with Crippen molar-refractivity contribution in [2.45, 2.75) is 59.8 Å². The molecule has 0 fully saturated rings. The van der Waals surface area contributed by atoms with Gasteiger partial charge >= 0.3 is 0 Å². The Kier molecular flexibility index (Phi) is 6.85. The first-order valence-electron chi connectivity index (χ1n) is 5.98. The first-order valence-corrected chi connectivity index (χ1v) is 6.42. The molecule has 0 heterocycles. The average molecular weight is 219 g/mol. The molecule has 1 unspecified atom stereocenters. The minimum Gasteiger partial charge on any atom is -0.122 e. The number of rotatable bonds is 6. The third-order valence-electron chi connectivity index (χ3n) is 2.64. The van der Waals surface area contributed by atoms with Gasteiger partial charge in [0.25, 0.3) is 0 Å². The van der Waals surface area contributed by atoms with Gasteiger partial charge in [0.15, 0.2) is 0 Å². The Hall–Kier alpha value is 0.290. The second-order valence-electron chi connectivity index (χ2n) is 5.71. The number of hydrogen-bond donors (Lipinski definition) is 0. The van der Waals surface area contributed by atoms with Gasteiger partial charge in [-0.2, -0.15) is 0 Å². The van der Waals surface area contributed by atoms with Gasteiger partial charge in [-0.05, 0) is 36.5 Å². The molecule has 86 valence electrons. The van der Waals surface area contributed by atoms with Crippen molar-refractivity contribution in [1.82, 2.24) is 0 Å². The Morgan fingerprint density at radius 3 is 1.36 bits per heavy atom. The van der Waals surface area contributed by atoms with Gasteiger partial charge in [-0.3, -0.25) is 0 Å². The minimum atomic E-state index is 0.347. The van der Waals surface area contributed by atoms with Crippen LogP contribution in [0.1, 0.15) is 54.4 Å². The molecule has 0 aromatic heterocycles. The normalized spacial score (nSPS) is 14.8. The third-order valence-corrected chi connectivity index (χ3v) is 3.50. The fourth-order valence-electron chi connectivity index (χ4n) is 2.11. The quantitative estimate of drug-likeness (QED) is 0.553. The highest BCUT2D eigenvalue weighted by atomic mass is 35.5. The molecule has 0 aromatic carbocycles. The van der Waals surface area contributed by atoms with Crippen molar-refractivity contribution in [1.29, 1.82) is 0 Å². The van der Waals surface area contributed by atoms with Gasteiger partial charge in [0.1, 0.15) is 0 Å². The Balaban J connectivity index is 4.22. The van der Waals surface area contributed by atoms with E-state index < -0.39 is 0 Å². The first kappa shape index (κ1) is 14.3. The van der Waals surface area contributed by atoms with E-state index in [0.717, 1.165) is 11.8 Å². The van der Waals surface area contributed by atoms with Gasteiger partial charge in [-0.1, -0.05) is 41.5 Å². The molecule has 0 saturated carbocycles. The first-order chi connectivity index (χ1) is 6.34. The van der Waals surface area contributed by atoms with Gasteiger partial charge in [-0.25, -0.2) is 0 Å². The van der Waals surface area contributed by atoms with Crippen molar-refractivity contribution in [3.05, 3.63) is 0 Å². The zero-order valence-corrected chi connectivity index (χ0v) is 11.4. The van der Waals surface area contributed by atoms with Gasteiger partial charge < -0.3 is 0 Å². The minimum absolute atomic E-state index is 0.347. The fraction of sp³-hybridized carbons (Fsp3) is 1.00. The largest absolute Gasteiger partial charge is 0.122 e. The van der Waals surface area contributed by atoms with Crippen molar-refractivity contribution in [3.8, 4) is 0 Å². The Morgan fingerprint density at radius 1 is 0.786 bits per heavy atom. The lowest BCUT2D eigenvalue weighted by Gasteiger charge is -2.28. The summed E-state index contributed by atoms with van der Waals surface area (Å²) in [5.74, 6) is 2.81. The zero-order valence-electron chi connectivity index (χ0n) is 10.7. The summed E-state index contributed by atoms with van der Waals surface area (Å²) in [6.07, 6.45) is 2.54. The van der Waals surface area contributed by atoms with Gasteiger partial charge in [0.05, 0.1) is 0 Å². The summed E-state index contributed by atoms with van der Waals surface area (Å²) in [6.45, 7) is 13.6. The van der Waals surface area contributed by atoms with E-state index >= 15 is 0 Å². The van der Waals surface area contributed by atoms with Gasteiger partial charge in [0, 0.05) is 5.38 Å². The molecule has 0 aliphatic heterocycles. The topological polar surface area (TPSA) is 0 Å². The van der Waals surface area contributed by atoms with E-state index in [1.807, 2.05) is 0 Å². The summed E-state index contributed by atoms with van der Waals surface area (Å²) < 4.78 is 0. The zero-order chi connectivity index (χ0) is 11.3. The highest BCUT2D eigenvalue weighted by Gasteiger charge is 2.23. The average Bonchev–Trinajstić information content (AvgIpc) is 1.99. The van der Waals surface area contributed by atoms with Crippen molar-refractivity contribution >= 4 is 11.6 Å². The SMILES string of the molecule is CC(C)CC(CC(C)C)C(Cl)C(C)C. The lowest BCUT2D eigenvalue weighted by molar-refractivity contribution is 0.300. The maximum atomic E-state index is 6.47. The summed E-state index contributed by atoms with van der Waals surface area (Å²) in [6, 6.07) is 0. The Bertz CT molecular complexity index is 128. The van der Waals surface area contributed by atoms with Crippen LogP contribution in [0.15, 0.2) is 0 Å². The molecule has 0 aliphatic carbocycles. The number of halogens is 1. The van der Waals surface area contributed by atoms with Crippen LogP contribution in [0.5, 0.6) is 0 Å². The Morgan fingerprint density at radius 2 is 1.14 bits per heavy atom. The van der Waals surface area contributed by atoms with Crippen molar-refractivity contribution in [2.75, 3.05) is 0 Å². The number of hydrogen-bond acceptors (Lipinski definition) is 0. The maximum absolute atomic E-state index is 6.47. The van der Waals surface area contributed by atoms with E-state index in [1.165, 1.54) is 12.8 Å². The molecular formula is C13H27Cl. The molecule has 0 amide bonds. The molecule has 0 rings (SSSR count). The second-order valence-corrected chi connectivity index (χ2v) is 6.21. The smallest absolute Gasteiger partial charge is 0.0387 e. The van der Waals surface area contributed by atoms with E-state index in [2.05, 4.69) is 41.5 Å². The van der Waals surface area contributed by atoms with Crippen LogP contribution in [0.2, 0.25) is 0 Å². The Labute approximate surface area is 95.4 Å². The highest BCUT2D eigenvalue weighted by Crippen LogP contribution is 2.30. The summed E-state index contributed by atoms with van der Waals surface area (Å²) in [4.78, 5) is 0. The molecular weight excluding hydrogens is 192 g/mol. The predicted molar refractivity (Wildman–Crippen MR) is 66.9 cm³/mol. The second kappa shape index (κ2) is 6.71. The van der Waals surface area contributed by atoms with Gasteiger partial charge in [0.2, 0.25) is 0 Å². The monoisotopic (exact) mass is 218 g/mol. The standard InChI is InChI=1S/C13H27Cl/c1-9(2)7-12(8-10(3)4)13(14)11(5)6/h9-13H,7-8H2,1-6H3. The lowest BCUT2D eigenvalue weighted by Crippen LogP contribution is -2.23. The molecule has 1 atom stereocenters. The lowest BCUT2D eigenvalue weighted by atomic mass is 9.83. The van der Waals surface area contributed by atoms with Crippen molar-refractivity contribution < 1.29 is 0 Å². The van der Waals surface area contributed by atoms with Crippen LogP contribution in [0.25, 0.3) is 0 Å². The summed E-state index contributed by atoms with van der Waals surface area (Å²) in [7, 11) is 0. The molecule has 0 saturated heterocycles. The van der Waals surface area contributed by atoms with Crippen LogP contribution in [-0.2, 0) is 0 Å². The highest BCUT2D eigenvalue weighted by molar-refractivity contribution is 6.20. The van der Waals surface area contributed by atoms with E-state index in [9.17, 15) is 0 Å². The fourth-order valence-corrected chi connectivity index (χ4v) is 2.32. The van der Waals surface area contributed by atoms with Crippen molar-refractivity contribution in [2.24, 2.45) is 23.7 Å². The summed E-state index contributed by atoms with van der Waals surface area (Å²) in [5.41, 5.74) is 0.